The van der Waals surface area contributed by atoms with E-state index < -0.39 is 7.82 Å². The maximum Gasteiger partial charge on any atom is 0.475 e. The van der Waals surface area contributed by atoms with Crippen molar-refractivity contribution in [1.29, 1.82) is 0 Å². The van der Waals surface area contributed by atoms with Crippen molar-refractivity contribution in [3.05, 3.63) is 0 Å². The standard InChI is InChI=1S/C5H11O4P/c1-5(2)9-10(6)7-3-4-8-10/h5H,3-4H2,1-2H3. The Balaban J connectivity index is 2.44. The van der Waals surface area contributed by atoms with Crippen LogP contribution >= 0.6 is 7.82 Å². The van der Waals surface area contributed by atoms with Gasteiger partial charge < -0.3 is 0 Å². The van der Waals surface area contributed by atoms with Gasteiger partial charge in [0.1, 0.15) is 0 Å². The first-order valence-corrected chi connectivity index (χ1v) is 4.66. The molecule has 60 valence electrons. The molecule has 0 atom stereocenters. The van der Waals surface area contributed by atoms with Gasteiger partial charge in [0.2, 0.25) is 0 Å². The summed E-state index contributed by atoms with van der Waals surface area (Å²) in [6.45, 7) is 4.30. The third-order valence-electron chi connectivity index (χ3n) is 0.922. The number of phosphoric acid groups is 1. The first-order chi connectivity index (χ1) is 4.62. The summed E-state index contributed by atoms with van der Waals surface area (Å²) in [7, 11) is -3.13. The average Bonchev–Trinajstić information content (AvgIpc) is 2.12. The van der Waals surface area contributed by atoms with E-state index in [0.29, 0.717) is 13.2 Å². The number of hydrogen-bond donors (Lipinski definition) is 0. The first-order valence-electron chi connectivity index (χ1n) is 3.20. The maximum absolute atomic E-state index is 11.2. The molecule has 0 unspecified atom stereocenters. The second kappa shape index (κ2) is 3.01. The number of phosphoric ester groups is 1. The van der Waals surface area contributed by atoms with Gasteiger partial charge in [0.05, 0.1) is 19.3 Å². The van der Waals surface area contributed by atoms with Crippen molar-refractivity contribution in [1.82, 2.24) is 0 Å². The summed E-state index contributed by atoms with van der Waals surface area (Å²) >= 11 is 0. The van der Waals surface area contributed by atoms with Gasteiger partial charge in [-0.1, -0.05) is 0 Å². The largest absolute Gasteiger partial charge is 0.475 e. The molecular weight excluding hydrogens is 155 g/mol. The van der Waals surface area contributed by atoms with Crippen LogP contribution in [0.1, 0.15) is 13.8 Å². The normalized spacial score (nSPS) is 23.9. The van der Waals surface area contributed by atoms with Crippen LogP contribution in [0, 0.1) is 0 Å². The zero-order valence-corrected chi connectivity index (χ0v) is 6.97. The van der Waals surface area contributed by atoms with Gasteiger partial charge in [-0.15, -0.1) is 0 Å². The molecule has 1 heterocycles. The number of hydrogen-bond acceptors (Lipinski definition) is 4. The van der Waals surface area contributed by atoms with Crippen LogP contribution in [0.3, 0.4) is 0 Å². The van der Waals surface area contributed by atoms with Crippen molar-refractivity contribution in [2.24, 2.45) is 0 Å². The lowest BCUT2D eigenvalue weighted by atomic mass is 10.5. The molecule has 0 bridgehead atoms. The predicted molar refractivity (Wildman–Crippen MR) is 35.7 cm³/mol. The van der Waals surface area contributed by atoms with Crippen molar-refractivity contribution in [3.8, 4) is 0 Å². The fourth-order valence-electron chi connectivity index (χ4n) is 0.654. The molecule has 10 heavy (non-hydrogen) atoms. The van der Waals surface area contributed by atoms with Crippen LogP contribution < -0.4 is 0 Å². The summed E-state index contributed by atoms with van der Waals surface area (Å²) in [6, 6.07) is 0. The smallest absolute Gasteiger partial charge is 0.284 e. The Kier molecular flexibility index (Phi) is 2.47. The highest BCUT2D eigenvalue weighted by Gasteiger charge is 2.32. The highest BCUT2D eigenvalue weighted by Crippen LogP contribution is 2.53. The molecule has 0 aromatic heterocycles. The van der Waals surface area contributed by atoms with Crippen LogP contribution in [0.4, 0.5) is 0 Å². The molecule has 1 aliphatic rings. The SMILES string of the molecule is CC(C)OP1(=O)OCCO1. The van der Waals surface area contributed by atoms with Gasteiger partial charge in [-0.3, -0.25) is 13.6 Å². The van der Waals surface area contributed by atoms with Gasteiger partial charge in [0, 0.05) is 0 Å². The van der Waals surface area contributed by atoms with Crippen LogP contribution in [-0.4, -0.2) is 19.3 Å². The maximum atomic E-state index is 11.2. The zero-order valence-electron chi connectivity index (χ0n) is 6.07. The van der Waals surface area contributed by atoms with Crippen molar-refractivity contribution < 1.29 is 18.1 Å². The van der Waals surface area contributed by atoms with Crippen LogP contribution in [-0.2, 0) is 18.1 Å². The minimum atomic E-state index is -3.13. The summed E-state index contributed by atoms with van der Waals surface area (Å²) in [5.41, 5.74) is 0. The highest BCUT2D eigenvalue weighted by molar-refractivity contribution is 7.48. The third kappa shape index (κ3) is 2.06. The first kappa shape index (κ1) is 8.21. The Labute approximate surface area is 60.1 Å². The predicted octanol–water partition coefficient (Wildman–Crippen LogP) is 1.57. The van der Waals surface area contributed by atoms with Gasteiger partial charge in [-0.25, -0.2) is 4.57 Å². The summed E-state index contributed by atoms with van der Waals surface area (Å²) in [5.74, 6) is 0. The molecule has 4 nitrogen and oxygen atoms in total. The molecule has 0 aromatic rings. The Morgan fingerprint density at radius 3 is 2.30 bits per heavy atom. The molecule has 1 fully saturated rings. The van der Waals surface area contributed by atoms with E-state index in [9.17, 15) is 4.57 Å². The van der Waals surface area contributed by atoms with Gasteiger partial charge in [-0.2, -0.15) is 0 Å². The van der Waals surface area contributed by atoms with Gasteiger partial charge in [-0.05, 0) is 13.8 Å². The molecule has 5 heteroatoms. The average molecular weight is 166 g/mol. The Morgan fingerprint density at radius 2 is 1.90 bits per heavy atom. The van der Waals surface area contributed by atoms with E-state index in [0.717, 1.165) is 0 Å². The van der Waals surface area contributed by atoms with Gasteiger partial charge >= 0.3 is 7.82 Å². The highest BCUT2D eigenvalue weighted by atomic mass is 31.2. The third-order valence-corrected chi connectivity index (χ3v) is 2.60. The molecule has 1 aliphatic heterocycles. The molecule has 0 spiro atoms. The summed E-state index contributed by atoms with van der Waals surface area (Å²) in [5, 5.41) is 0. The fraction of sp³-hybridized carbons (Fsp3) is 1.00. The van der Waals surface area contributed by atoms with Crippen LogP contribution in [0.2, 0.25) is 0 Å². The lowest BCUT2D eigenvalue weighted by molar-refractivity contribution is 0.152. The summed E-state index contributed by atoms with van der Waals surface area (Å²) in [4.78, 5) is 0. The van der Waals surface area contributed by atoms with Gasteiger partial charge in [0.15, 0.2) is 0 Å². The van der Waals surface area contributed by atoms with Crippen molar-refractivity contribution in [3.63, 3.8) is 0 Å². The van der Waals surface area contributed by atoms with Crippen molar-refractivity contribution >= 4 is 7.82 Å². The molecule has 0 aromatic carbocycles. The molecule has 0 aliphatic carbocycles. The minimum absolute atomic E-state index is 0.121. The lowest BCUT2D eigenvalue weighted by Gasteiger charge is -2.11. The van der Waals surface area contributed by atoms with E-state index in [1.54, 1.807) is 13.8 Å². The molecule has 0 N–H and O–H groups in total. The van der Waals surface area contributed by atoms with E-state index in [1.807, 2.05) is 0 Å². The lowest BCUT2D eigenvalue weighted by Crippen LogP contribution is -1.99. The van der Waals surface area contributed by atoms with Crippen LogP contribution in [0.5, 0.6) is 0 Å². The number of rotatable bonds is 2. The molecule has 0 amide bonds. The molecular formula is C5H11O4P. The molecule has 0 saturated carbocycles. The summed E-state index contributed by atoms with van der Waals surface area (Å²) < 4.78 is 25.6. The Bertz CT molecular complexity index is 146. The minimum Gasteiger partial charge on any atom is -0.284 e. The van der Waals surface area contributed by atoms with Crippen molar-refractivity contribution in [2.45, 2.75) is 20.0 Å². The zero-order chi connectivity index (χ0) is 7.61. The van der Waals surface area contributed by atoms with E-state index in [2.05, 4.69) is 0 Å². The monoisotopic (exact) mass is 166 g/mol. The Morgan fingerprint density at radius 1 is 1.40 bits per heavy atom. The molecule has 1 rings (SSSR count). The quantitative estimate of drug-likeness (QED) is 0.584. The van der Waals surface area contributed by atoms with E-state index in [1.165, 1.54) is 0 Å². The molecule has 1 saturated heterocycles. The van der Waals surface area contributed by atoms with E-state index in [-0.39, 0.29) is 6.10 Å². The summed E-state index contributed by atoms with van der Waals surface area (Å²) in [6.07, 6.45) is -0.121. The fourth-order valence-corrected chi connectivity index (χ4v) is 1.96. The van der Waals surface area contributed by atoms with E-state index in [4.69, 9.17) is 13.6 Å². The van der Waals surface area contributed by atoms with Crippen LogP contribution in [0.15, 0.2) is 0 Å². The molecule has 0 radical (unpaired) electrons. The topological polar surface area (TPSA) is 44.8 Å². The van der Waals surface area contributed by atoms with E-state index >= 15 is 0 Å². The van der Waals surface area contributed by atoms with Crippen LogP contribution in [0.25, 0.3) is 0 Å². The second-order valence-electron chi connectivity index (χ2n) is 2.27. The van der Waals surface area contributed by atoms with Gasteiger partial charge in [0.25, 0.3) is 0 Å². The Hall–Kier alpha value is 0.110. The second-order valence-corrected chi connectivity index (χ2v) is 3.89. The van der Waals surface area contributed by atoms with Crippen molar-refractivity contribution in [2.75, 3.05) is 13.2 Å².